The monoisotopic (exact) mass is 222 g/mol. The van der Waals surface area contributed by atoms with Crippen molar-refractivity contribution in [3.05, 3.63) is 29.8 Å². The Morgan fingerprint density at radius 3 is 2.75 bits per heavy atom. The number of ether oxygens (including phenoxy) is 1. The van der Waals surface area contributed by atoms with E-state index in [0.717, 1.165) is 24.2 Å². The van der Waals surface area contributed by atoms with E-state index >= 15 is 0 Å². The first-order chi connectivity index (χ1) is 7.65. The zero-order valence-corrected chi connectivity index (χ0v) is 9.48. The normalized spacial score (nSPS) is 12.1. The second-order valence-corrected chi connectivity index (χ2v) is 3.71. The number of carbonyl (C=O) groups excluding carboxylic acids is 1. The summed E-state index contributed by atoms with van der Waals surface area (Å²) >= 11 is 0. The zero-order chi connectivity index (χ0) is 12.0. The maximum Gasteiger partial charge on any atom is 0.234 e. The van der Waals surface area contributed by atoms with Crippen LogP contribution in [0.5, 0.6) is 5.75 Å². The molecule has 0 aromatic heterocycles. The van der Waals surface area contributed by atoms with E-state index in [1.807, 2.05) is 24.3 Å². The molecule has 0 radical (unpaired) electrons. The third-order valence-electron chi connectivity index (χ3n) is 2.52. The first-order valence-electron chi connectivity index (χ1n) is 5.32. The number of carbonyl (C=O) groups is 1. The smallest absolute Gasteiger partial charge is 0.234 e. The Morgan fingerprint density at radius 2 is 2.12 bits per heavy atom. The van der Waals surface area contributed by atoms with Gasteiger partial charge in [0.25, 0.3) is 0 Å². The van der Waals surface area contributed by atoms with Gasteiger partial charge in [-0.05, 0) is 30.9 Å². The van der Waals surface area contributed by atoms with E-state index in [0.29, 0.717) is 6.42 Å². The van der Waals surface area contributed by atoms with Gasteiger partial charge in [0.2, 0.25) is 5.91 Å². The lowest BCUT2D eigenvalue weighted by Gasteiger charge is -2.09. The minimum Gasteiger partial charge on any atom is -0.496 e. The molecule has 0 fully saturated rings. The van der Waals surface area contributed by atoms with Crippen LogP contribution in [0.2, 0.25) is 0 Å². The molecule has 4 nitrogen and oxygen atoms in total. The average molecular weight is 222 g/mol. The zero-order valence-electron chi connectivity index (χ0n) is 9.48. The van der Waals surface area contributed by atoms with E-state index in [1.165, 1.54) is 0 Å². The largest absolute Gasteiger partial charge is 0.496 e. The fourth-order valence-electron chi connectivity index (χ4n) is 1.56. The molecule has 1 aromatic rings. The van der Waals surface area contributed by atoms with Crippen LogP contribution in [0.25, 0.3) is 0 Å². The van der Waals surface area contributed by atoms with Gasteiger partial charge in [-0.25, -0.2) is 0 Å². The third kappa shape index (κ3) is 3.55. The summed E-state index contributed by atoms with van der Waals surface area (Å²) in [6.45, 7) is 0. The predicted octanol–water partition coefficient (Wildman–Crippen LogP) is 0.831. The van der Waals surface area contributed by atoms with Gasteiger partial charge >= 0.3 is 0 Å². The molecular formula is C12H18N2O2. The topological polar surface area (TPSA) is 78.3 Å². The van der Waals surface area contributed by atoms with E-state index in [2.05, 4.69) is 0 Å². The first-order valence-corrected chi connectivity index (χ1v) is 5.32. The standard InChI is InChI=1S/C12H18N2O2/c1-16-11-8-3-2-5-9(11)6-4-7-10(13)12(14)15/h2-3,5,8,10H,4,6-7,13H2,1H3,(H2,14,15)/t10-/m0/s1. The number of methoxy groups -OCH3 is 1. The summed E-state index contributed by atoms with van der Waals surface area (Å²) in [5.41, 5.74) is 11.8. The maximum absolute atomic E-state index is 10.7. The van der Waals surface area contributed by atoms with Crippen molar-refractivity contribution in [2.24, 2.45) is 11.5 Å². The van der Waals surface area contributed by atoms with E-state index < -0.39 is 11.9 Å². The summed E-state index contributed by atoms with van der Waals surface area (Å²) in [5.74, 6) is 0.426. The molecule has 0 heterocycles. The quantitative estimate of drug-likeness (QED) is 0.748. The molecule has 0 bridgehead atoms. The van der Waals surface area contributed by atoms with Crippen molar-refractivity contribution < 1.29 is 9.53 Å². The van der Waals surface area contributed by atoms with Gasteiger partial charge < -0.3 is 16.2 Å². The molecule has 1 rings (SSSR count). The lowest BCUT2D eigenvalue weighted by Crippen LogP contribution is -2.36. The highest BCUT2D eigenvalue weighted by Gasteiger charge is 2.09. The van der Waals surface area contributed by atoms with E-state index in [-0.39, 0.29) is 0 Å². The average Bonchev–Trinajstić information content (AvgIpc) is 2.29. The molecular weight excluding hydrogens is 204 g/mol. The number of benzene rings is 1. The molecule has 0 unspecified atom stereocenters. The highest BCUT2D eigenvalue weighted by atomic mass is 16.5. The van der Waals surface area contributed by atoms with Gasteiger partial charge in [0.1, 0.15) is 5.75 Å². The summed E-state index contributed by atoms with van der Waals surface area (Å²) < 4.78 is 5.23. The Hall–Kier alpha value is -1.55. The third-order valence-corrected chi connectivity index (χ3v) is 2.52. The van der Waals surface area contributed by atoms with Gasteiger partial charge in [-0.2, -0.15) is 0 Å². The van der Waals surface area contributed by atoms with Crippen molar-refractivity contribution in [2.75, 3.05) is 7.11 Å². The van der Waals surface area contributed by atoms with Crippen molar-refractivity contribution in [1.82, 2.24) is 0 Å². The summed E-state index contributed by atoms with van der Waals surface area (Å²) in [6, 6.07) is 7.27. The fraction of sp³-hybridized carbons (Fsp3) is 0.417. The number of hydrogen-bond donors (Lipinski definition) is 2. The van der Waals surface area contributed by atoms with Crippen LogP contribution in [-0.4, -0.2) is 19.1 Å². The molecule has 16 heavy (non-hydrogen) atoms. The molecule has 4 N–H and O–H groups in total. The Morgan fingerprint density at radius 1 is 1.44 bits per heavy atom. The van der Waals surface area contributed by atoms with Crippen LogP contribution in [-0.2, 0) is 11.2 Å². The predicted molar refractivity (Wildman–Crippen MR) is 63.1 cm³/mol. The number of para-hydroxylation sites is 1. The highest BCUT2D eigenvalue weighted by molar-refractivity contribution is 5.79. The van der Waals surface area contributed by atoms with Gasteiger partial charge in [-0.3, -0.25) is 4.79 Å². The van der Waals surface area contributed by atoms with E-state index in [4.69, 9.17) is 16.2 Å². The van der Waals surface area contributed by atoms with Crippen LogP contribution in [0.15, 0.2) is 24.3 Å². The molecule has 4 heteroatoms. The number of hydrogen-bond acceptors (Lipinski definition) is 3. The second-order valence-electron chi connectivity index (χ2n) is 3.71. The summed E-state index contributed by atoms with van der Waals surface area (Å²) in [4.78, 5) is 10.7. The summed E-state index contributed by atoms with van der Waals surface area (Å²) in [6.07, 6.45) is 2.27. The second kappa shape index (κ2) is 6.12. The lowest BCUT2D eigenvalue weighted by molar-refractivity contribution is -0.119. The van der Waals surface area contributed by atoms with Crippen molar-refractivity contribution >= 4 is 5.91 Å². The van der Waals surface area contributed by atoms with Gasteiger partial charge in [0.05, 0.1) is 13.2 Å². The number of nitrogens with two attached hydrogens (primary N) is 2. The van der Waals surface area contributed by atoms with E-state index in [1.54, 1.807) is 7.11 Å². The fourth-order valence-corrected chi connectivity index (χ4v) is 1.56. The maximum atomic E-state index is 10.7. The van der Waals surface area contributed by atoms with E-state index in [9.17, 15) is 4.79 Å². The van der Waals surface area contributed by atoms with Crippen LogP contribution in [0.4, 0.5) is 0 Å². The number of aryl methyl sites for hydroxylation is 1. The van der Waals surface area contributed by atoms with Crippen LogP contribution in [0, 0.1) is 0 Å². The summed E-state index contributed by atoms with van der Waals surface area (Å²) in [5, 5.41) is 0. The molecule has 0 aliphatic rings. The highest BCUT2D eigenvalue weighted by Crippen LogP contribution is 2.19. The van der Waals surface area contributed by atoms with Crippen LogP contribution in [0.3, 0.4) is 0 Å². The van der Waals surface area contributed by atoms with Gasteiger partial charge in [0, 0.05) is 0 Å². The molecule has 1 atom stereocenters. The van der Waals surface area contributed by atoms with Crippen molar-refractivity contribution in [3.63, 3.8) is 0 Å². The minimum absolute atomic E-state index is 0.444. The van der Waals surface area contributed by atoms with Crippen molar-refractivity contribution in [2.45, 2.75) is 25.3 Å². The van der Waals surface area contributed by atoms with Crippen LogP contribution >= 0.6 is 0 Å². The first kappa shape index (κ1) is 12.5. The molecule has 0 aliphatic carbocycles. The molecule has 0 aliphatic heterocycles. The molecule has 1 amide bonds. The molecule has 0 saturated heterocycles. The molecule has 0 spiro atoms. The summed E-state index contributed by atoms with van der Waals surface area (Å²) in [7, 11) is 1.65. The lowest BCUT2D eigenvalue weighted by atomic mass is 10.0. The Bertz CT molecular complexity index is 353. The van der Waals surface area contributed by atoms with Crippen molar-refractivity contribution in [3.8, 4) is 5.75 Å². The van der Waals surface area contributed by atoms with Crippen LogP contribution < -0.4 is 16.2 Å². The van der Waals surface area contributed by atoms with Gasteiger partial charge in [0.15, 0.2) is 0 Å². The number of primary amides is 1. The Kier molecular flexibility index (Phi) is 4.79. The Labute approximate surface area is 95.6 Å². The van der Waals surface area contributed by atoms with Crippen LogP contribution in [0.1, 0.15) is 18.4 Å². The van der Waals surface area contributed by atoms with Gasteiger partial charge in [-0.15, -0.1) is 0 Å². The Balaban J connectivity index is 2.45. The van der Waals surface area contributed by atoms with Gasteiger partial charge in [-0.1, -0.05) is 18.2 Å². The number of rotatable bonds is 6. The van der Waals surface area contributed by atoms with Crippen molar-refractivity contribution in [1.29, 1.82) is 0 Å². The molecule has 1 aromatic carbocycles. The SMILES string of the molecule is COc1ccccc1CCC[C@H](N)C(N)=O. The minimum atomic E-state index is -0.547. The molecule has 88 valence electrons. The number of amides is 1. The molecule has 0 saturated carbocycles.